The van der Waals surface area contributed by atoms with E-state index < -0.39 is 0 Å². The van der Waals surface area contributed by atoms with Crippen LogP contribution in [-0.4, -0.2) is 28.9 Å². The van der Waals surface area contributed by atoms with Gasteiger partial charge in [-0.2, -0.15) is 5.10 Å². The minimum Gasteiger partial charge on any atom is -0.465 e. The first-order valence-corrected chi connectivity index (χ1v) is 5.08. The second-order valence-electron chi connectivity index (χ2n) is 3.93. The molecule has 1 heterocycles. The first-order valence-electron chi connectivity index (χ1n) is 5.08. The molecule has 0 saturated heterocycles. The van der Waals surface area contributed by atoms with Crippen molar-refractivity contribution in [3.05, 3.63) is 18.0 Å². The lowest BCUT2D eigenvalue weighted by atomic mass is 10.2. The molecular formula is C10H15N3O2. The van der Waals surface area contributed by atoms with Gasteiger partial charge in [0.15, 0.2) is 0 Å². The first-order chi connectivity index (χ1) is 7.20. The molecule has 0 radical (unpaired) electrons. The van der Waals surface area contributed by atoms with Gasteiger partial charge in [0, 0.05) is 12.2 Å². The van der Waals surface area contributed by atoms with Crippen molar-refractivity contribution in [2.75, 3.05) is 7.11 Å². The van der Waals surface area contributed by atoms with Gasteiger partial charge < -0.3 is 10.5 Å². The molecule has 15 heavy (non-hydrogen) atoms. The molecule has 5 nitrogen and oxygen atoms in total. The molecule has 1 aliphatic carbocycles. The third kappa shape index (κ3) is 2.02. The normalized spacial score (nSPS) is 25.5. The zero-order valence-electron chi connectivity index (χ0n) is 8.72. The molecule has 0 spiro atoms. The van der Waals surface area contributed by atoms with E-state index in [9.17, 15) is 4.79 Å². The summed E-state index contributed by atoms with van der Waals surface area (Å²) in [6.07, 6.45) is 6.26. The van der Waals surface area contributed by atoms with Crippen LogP contribution in [0.3, 0.4) is 0 Å². The Labute approximate surface area is 88.2 Å². The number of hydrogen-bond acceptors (Lipinski definition) is 4. The lowest BCUT2D eigenvalue weighted by molar-refractivity contribution is 0.0600. The van der Waals surface area contributed by atoms with E-state index in [1.807, 2.05) is 4.68 Å². The highest BCUT2D eigenvalue weighted by Crippen LogP contribution is 2.28. The van der Waals surface area contributed by atoms with Gasteiger partial charge in [0.25, 0.3) is 0 Å². The van der Waals surface area contributed by atoms with Crippen LogP contribution < -0.4 is 5.73 Å². The van der Waals surface area contributed by atoms with Crippen molar-refractivity contribution < 1.29 is 9.53 Å². The number of ether oxygens (including phenoxy) is 1. The van der Waals surface area contributed by atoms with E-state index in [0.29, 0.717) is 11.6 Å². The molecule has 0 aromatic carbocycles. The van der Waals surface area contributed by atoms with Crippen LogP contribution in [0.25, 0.3) is 0 Å². The highest BCUT2D eigenvalue weighted by Gasteiger charge is 2.24. The number of rotatable bonds is 2. The van der Waals surface area contributed by atoms with Crippen molar-refractivity contribution in [2.24, 2.45) is 5.73 Å². The molecule has 0 aliphatic heterocycles. The molecule has 1 aromatic rings. The Hall–Kier alpha value is -1.36. The number of carbonyl (C=O) groups excluding carboxylic acids is 1. The number of carbonyl (C=O) groups is 1. The van der Waals surface area contributed by atoms with Crippen LogP contribution in [0, 0.1) is 0 Å². The Morgan fingerprint density at radius 3 is 3.07 bits per heavy atom. The molecule has 1 aromatic heterocycles. The van der Waals surface area contributed by atoms with Crippen molar-refractivity contribution in [1.29, 1.82) is 0 Å². The van der Waals surface area contributed by atoms with E-state index in [0.717, 1.165) is 19.3 Å². The van der Waals surface area contributed by atoms with Gasteiger partial charge >= 0.3 is 5.97 Å². The molecule has 2 atom stereocenters. The molecule has 82 valence electrons. The Morgan fingerprint density at radius 1 is 1.67 bits per heavy atom. The van der Waals surface area contributed by atoms with Gasteiger partial charge in [0.1, 0.15) is 0 Å². The number of nitrogens with two attached hydrogens (primary N) is 1. The second-order valence-corrected chi connectivity index (χ2v) is 3.93. The van der Waals surface area contributed by atoms with Gasteiger partial charge in [-0.1, -0.05) is 0 Å². The summed E-state index contributed by atoms with van der Waals surface area (Å²) >= 11 is 0. The first kappa shape index (κ1) is 10.2. The summed E-state index contributed by atoms with van der Waals surface area (Å²) in [6, 6.07) is 0.596. The fourth-order valence-electron chi connectivity index (χ4n) is 1.99. The van der Waals surface area contributed by atoms with Crippen molar-refractivity contribution in [3.63, 3.8) is 0 Å². The predicted molar refractivity (Wildman–Crippen MR) is 54.4 cm³/mol. The smallest absolute Gasteiger partial charge is 0.341 e. The van der Waals surface area contributed by atoms with E-state index in [1.165, 1.54) is 13.3 Å². The SMILES string of the molecule is COC(=O)c1cnn(C2CCC(N)C2)c1. The van der Waals surface area contributed by atoms with Gasteiger partial charge in [0.05, 0.1) is 24.9 Å². The molecule has 0 bridgehead atoms. The number of methoxy groups -OCH3 is 1. The van der Waals surface area contributed by atoms with E-state index >= 15 is 0 Å². The summed E-state index contributed by atoms with van der Waals surface area (Å²) in [5.41, 5.74) is 6.32. The quantitative estimate of drug-likeness (QED) is 0.729. The van der Waals surface area contributed by atoms with Crippen LogP contribution in [0.15, 0.2) is 12.4 Å². The number of hydrogen-bond donors (Lipinski definition) is 1. The third-order valence-electron chi connectivity index (χ3n) is 2.84. The fraction of sp³-hybridized carbons (Fsp3) is 0.600. The number of nitrogens with zero attached hydrogens (tertiary/aromatic N) is 2. The molecule has 2 N–H and O–H groups in total. The van der Waals surface area contributed by atoms with E-state index in [1.54, 1.807) is 6.20 Å². The van der Waals surface area contributed by atoms with Crippen molar-refractivity contribution in [3.8, 4) is 0 Å². The van der Waals surface area contributed by atoms with Crippen LogP contribution in [0.1, 0.15) is 35.7 Å². The topological polar surface area (TPSA) is 70.1 Å². The molecule has 0 amide bonds. The van der Waals surface area contributed by atoms with Gasteiger partial charge in [-0.15, -0.1) is 0 Å². The van der Waals surface area contributed by atoms with Crippen molar-refractivity contribution in [2.45, 2.75) is 31.3 Å². The highest BCUT2D eigenvalue weighted by molar-refractivity contribution is 5.88. The van der Waals surface area contributed by atoms with Gasteiger partial charge in [-0.3, -0.25) is 4.68 Å². The average molecular weight is 209 g/mol. The molecule has 1 aliphatic rings. The zero-order valence-corrected chi connectivity index (χ0v) is 8.72. The summed E-state index contributed by atoms with van der Waals surface area (Å²) in [6.45, 7) is 0. The van der Waals surface area contributed by atoms with Crippen molar-refractivity contribution >= 4 is 5.97 Å². The standard InChI is InChI=1S/C10H15N3O2/c1-15-10(14)7-5-12-13(6-7)9-3-2-8(11)4-9/h5-6,8-9H,2-4,11H2,1H3. The maximum absolute atomic E-state index is 11.2. The molecule has 5 heteroatoms. The van der Waals surface area contributed by atoms with E-state index in [4.69, 9.17) is 5.73 Å². The monoisotopic (exact) mass is 209 g/mol. The largest absolute Gasteiger partial charge is 0.465 e. The predicted octanol–water partition coefficient (Wildman–Crippen LogP) is 0.722. The van der Waals surface area contributed by atoms with Gasteiger partial charge in [0.2, 0.25) is 0 Å². The molecule has 2 unspecified atom stereocenters. The van der Waals surface area contributed by atoms with Gasteiger partial charge in [-0.05, 0) is 19.3 Å². The summed E-state index contributed by atoms with van der Waals surface area (Å²) in [5.74, 6) is -0.344. The summed E-state index contributed by atoms with van der Waals surface area (Å²) < 4.78 is 6.43. The molecular weight excluding hydrogens is 194 g/mol. The Balaban J connectivity index is 2.10. The van der Waals surface area contributed by atoms with E-state index in [2.05, 4.69) is 9.84 Å². The molecule has 1 saturated carbocycles. The lowest BCUT2D eigenvalue weighted by Gasteiger charge is -2.09. The zero-order chi connectivity index (χ0) is 10.8. The van der Waals surface area contributed by atoms with Gasteiger partial charge in [-0.25, -0.2) is 4.79 Å². The fourth-order valence-corrected chi connectivity index (χ4v) is 1.99. The Bertz CT molecular complexity index is 361. The maximum Gasteiger partial charge on any atom is 0.341 e. The highest BCUT2D eigenvalue weighted by atomic mass is 16.5. The Kier molecular flexibility index (Phi) is 2.73. The Morgan fingerprint density at radius 2 is 2.47 bits per heavy atom. The van der Waals surface area contributed by atoms with Crippen LogP contribution in [0.2, 0.25) is 0 Å². The maximum atomic E-state index is 11.2. The third-order valence-corrected chi connectivity index (χ3v) is 2.84. The van der Waals surface area contributed by atoms with Crippen LogP contribution in [-0.2, 0) is 4.74 Å². The molecule has 1 fully saturated rings. The lowest BCUT2D eigenvalue weighted by Crippen LogP contribution is -2.16. The van der Waals surface area contributed by atoms with E-state index in [-0.39, 0.29) is 12.0 Å². The van der Waals surface area contributed by atoms with Crippen LogP contribution >= 0.6 is 0 Å². The summed E-state index contributed by atoms with van der Waals surface area (Å²) in [5, 5.41) is 4.16. The second kappa shape index (κ2) is 4.02. The van der Waals surface area contributed by atoms with Crippen LogP contribution in [0.4, 0.5) is 0 Å². The minimum absolute atomic E-state index is 0.265. The molecule has 2 rings (SSSR count). The summed E-state index contributed by atoms with van der Waals surface area (Å²) in [7, 11) is 1.37. The summed E-state index contributed by atoms with van der Waals surface area (Å²) in [4.78, 5) is 11.2. The number of esters is 1. The van der Waals surface area contributed by atoms with Crippen LogP contribution in [0.5, 0.6) is 0 Å². The number of aromatic nitrogens is 2. The van der Waals surface area contributed by atoms with Crippen molar-refractivity contribution in [1.82, 2.24) is 9.78 Å². The minimum atomic E-state index is -0.344. The average Bonchev–Trinajstić information content (AvgIpc) is 2.84.